The molecule has 2 heteroatoms. The van der Waals surface area contributed by atoms with Crippen molar-refractivity contribution in [3.63, 3.8) is 0 Å². The molecule has 1 aliphatic rings. The van der Waals surface area contributed by atoms with E-state index in [-0.39, 0.29) is 5.60 Å². The normalized spacial score (nSPS) is 24.6. The zero-order valence-electron chi connectivity index (χ0n) is 8.92. The van der Waals surface area contributed by atoms with Gasteiger partial charge in [-0.1, -0.05) is 18.2 Å². The zero-order chi connectivity index (χ0) is 10.3. The first-order valence-electron chi connectivity index (χ1n) is 5.46. The molecule has 2 aromatic rings. The van der Waals surface area contributed by atoms with Gasteiger partial charge in [-0.25, -0.2) is 0 Å². The van der Waals surface area contributed by atoms with Gasteiger partial charge < -0.3 is 9.72 Å². The fraction of sp³-hybridized carbons (Fsp3) is 0.385. The number of ether oxygens (including phenoxy) is 1. The molecule has 0 radical (unpaired) electrons. The molecule has 1 atom stereocenters. The monoisotopic (exact) mass is 201 g/mol. The summed E-state index contributed by atoms with van der Waals surface area (Å²) in [6, 6.07) is 8.45. The van der Waals surface area contributed by atoms with Crippen molar-refractivity contribution < 1.29 is 4.74 Å². The van der Waals surface area contributed by atoms with E-state index < -0.39 is 0 Å². The Morgan fingerprint density at radius 3 is 3.00 bits per heavy atom. The van der Waals surface area contributed by atoms with Crippen molar-refractivity contribution in [3.05, 3.63) is 36.0 Å². The molecular weight excluding hydrogens is 186 g/mol. The Morgan fingerprint density at radius 1 is 1.40 bits per heavy atom. The second-order valence-electron chi connectivity index (χ2n) is 4.60. The Bertz CT molecular complexity index is 482. The van der Waals surface area contributed by atoms with Crippen LogP contribution >= 0.6 is 0 Å². The minimum absolute atomic E-state index is 0.165. The number of hydrogen-bond donors (Lipinski definition) is 1. The molecule has 0 bridgehead atoms. The van der Waals surface area contributed by atoms with E-state index in [1.165, 1.54) is 16.5 Å². The minimum atomic E-state index is 0.165. The van der Waals surface area contributed by atoms with Crippen molar-refractivity contribution in [1.29, 1.82) is 0 Å². The van der Waals surface area contributed by atoms with Gasteiger partial charge in [-0.05, 0) is 31.4 Å². The van der Waals surface area contributed by atoms with Gasteiger partial charge in [0.15, 0.2) is 0 Å². The lowest BCUT2D eigenvalue weighted by molar-refractivity contribution is 0.309. The van der Waals surface area contributed by atoms with E-state index in [2.05, 4.69) is 42.4 Å². The molecule has 1 aliphatic heterocycles. The van der Waals surface area contributed by atoms with E-state index in [4.69, 9.17) is 4.74 Å². The lowest BCUT2D eigenvalue weighted by Crippen LogP contribution is -2.05. The van der Waals surface area contributed by atoms with Crippen molar-refractivity contribution in [2.45, 2.75) is 25.4 Å². The second-order valence-corrected chi connectivity index (χ2v) is 4.60. The maximum atomic E-state index is 5.40. The standard InChI is InChI=1S/C13H15NO/c1-13(9-15-13)7-6-10-8-14-12-5-3-2-4-11(10)12/h2-5,8,14H,6-7,9H2,1H3. The fourth-order valence-corrected chi connectivity index (χ4v) is 2.01. The molecule has 0 saturated carbocycles. The number of nitrogens with one attached hydrogen (secondary N) is 1. The highest BCUT2D eigenvalue weighted by atomic mass is 16.6. The van der Waals surface area contributed by atoms with Crippen LogP contribution in [-0.2, 0) is 11.2 Å². The molecule has 1 saturated heterocycles. The van der Waals surface area contributed by atoms with E-state index in [0.717, 1.165) is 19.4 Å². The van der Waals surface area contributed by atoms with Crippen LogP contribution in [0.15, 0.2) is 30.5 Å². The summed E-state index contributed by atoms with van der Waals surface area (Å²) in [5.41, 5.74) is 2.80. The van der Waals surface area contributed by atoms with Crippen molar-refractivity contribution in [2.75, 3.05) is 6.61 Å². The first-order chi connectivity index (χ1) is 7.27. The van der Waals surface area contributed by atoms with Crippen LogP contribution in [0.2, 0.25) is 0 Å². The maximum Gasteiger partial charge on any atom is 0.0891 e. The summed E-state index contributed by atoms with van der Waals surface area (Å²) in [7, 11) is 0. The van der Waals surface area contributed by atoms with Crippen molar-refractivity contribution in [1.82, 2.24) is 4.98 Å². The molecule has 1 fully saturated rings. The highest BCUT2D eigenvalue weighted by Gasteiger charge is 2.38. The molecule has 78 valence electrons. The van der Waals surface area contributed by atoms with Crippen LogP contribution in [-0.4, -0.2) is 17.2 Å². The van der Waals surface area contributed by atoms with Crippen molar-refractivity contribution in [2.24, 2.45) is 0 Å². The maximum absolute atomic E-state index is 5.40. The van der Waals surface area contributed by atoms with Crippen molar-refractivity contribution in [3.8, 4) is 0 Å². The van der Waals surface area contributed by atoms with Gasteiger partial charge in [0.2, 0.25) is 0 Å². The number of epoxide rings is 1. The first-order valence-corrected chi connectivity index (χ1v) is 5.46. The lowest BCUT2D eigenvalue weighted by Gasteiger charge is -2.03. The number of rotatable bonds is 3. The average Bonchev–Trinajstić information content (AvgIpc) is 2.86. The fourth-order valence-electron chi connectivity index (χ4n) is 2.01. The predicted octanol–water partition coefficient (Wildman–Crippen LogP) is 2.89. The van der Waals surface area contributed by atoms with Gasteiger partial charge in [-0.3, -0.25) is 0 Å². The summed E-state index contributed by atoms with van der Waals surface area (Å²) < 4.78 is 5.40. The van der Waals surface area contributed by atoms with Gasteiger partial charge in [-0.2, -0.15) is 0 Å². The molecule has 1 N–H and O–H groups in total. The Labute approximate surface area is 89.3 Å². The highest BCUT2D eigenvalue weighted by Crippen LogP contribution is 2.32. The quantitative estimate of drug-likeness (QED) is 0.760. The summed E-state index contributed by atoms with van der Waals surface area (Å²) in [6.45, 7) is 3.11. The average molecular weight is 201 g/mol. The number of para-hydroxylation sites is 1. The lowest BCUT2D eigenvalue weighted by atomic mass is 10.0. The van der Waals surface area contributed by atoms with E-state index in [0.29, 0.717) is 0 Å². The van der Waals surface area contributed by atoms with Gasteiger partial charge in [0.1, 0.15) is 0 Å². The van der Waals surface area contributed by atoms with Crippen LogP contribution in [0.4, 0.5) is 0 Å². The number of benzene rings is 1. The molecule has 1 aromatic carbocycles. The highest BCUT2D eigenvalue weighted by molar-refractivity contribution is 5.83. The molecule has 0 amide bonds. The number of hydrogen-bond acceptors (Lipinski definition) is 1. The SMILES string of the molecule is CC1(CCc2c[nH]c3ccccc23)CO1. The second kappa shape index (κ2) is 3.11. The largest absolute Gasteiger partial charge is 0.370 e. The molecule has 15 heavy (non-hydrogen) atoms. The molecule has 1 aromatic heterocycles. The van der Waals surface area contributed by atoms with Crippen molar-refractivity contribution >= 4 is 10.9 Å². The van der Waals surface area contributed by atoms with E-state index in [9.17, 15) is 0 Å². The Hall–Kier alpha value is -1.28. The van der Waals surface area contributed by atoms with Gasteiger partial charge in [0, 0.05) is 17.1 Å². The smallest absolute Gasteiger partial charge is 0.0891 e. The summed E-state index contributed by atoms with van der Waals surface area (Å²) >= 11 is 0. The summed E-state index contributed by atoms with van der Waals surface area (Å²) in [5.74, 6) is 0. The minimum Gasteiger partial charge on any atom is -0.370 e. The molecule has 0 spiro atoms. The Kier molecular flexibility index (Phi) is 1.86. The van der Waals surface area contributed by atoms with Crippen LogP contribution in [0.5, 0.6) is 0 Å². The van der Waals surface area contributed by atoms with E-state index >= 15 is 0 Å². The van der Waals surface area contributed by atoms with Crippen LogP contribution in [0.1, 0.15) is 18.9 Å². The number of H-pyrrole nitrogens is 1. The Morgan fingerprint density at radius 2 is 2.20 bits per heavy atom. The number of aryl methyl sites for hydroxylation is 1. The molecule has 2 heterocycles. The zero-order valence-corrected chi connectivity index (χ0v) is 8.92. The summed E-state index contributed by atoms with van der Waals surface area (Å²) in [4.78, 5) is 3.30. The van der Waals surface area contributed by atoms with E-state index in [1.807, 2.05) is 0 Å². The summed E-state index contributed by atoms with van der Waals surface area (Å²) in [5, 5.41) is 1.35. The van der Waals surface area contributed by atoms with Gasteiger partial charge in [-0.15, -0.1) is 0 Å². The van der Waals surface area contributed by atoms with Crippen LogP contribution in [0.25, 0.3) is 10.9 Å². The topological polar surface area (TPSA) is 28.3 Å². The van der Waals surface area contributed by atoms with Gasteiger partial charge in [0.05, 0.1) is 12.2 Å². The number of aromatic nitrogens is 1. The third-order valence-corrected chi connectivity index (χ3v) is 3.24. The molecule has 2 nitrogen and oxygen atoms in total. The predicted molar refractivity (Wildman–Crippen MR) is 61.0 cm³/mol. The van der Waals surface area contributed by atoms with Crippen LogP contribution in [0, 0.1) is 0 Å². The van der Waals surface area contributed by atoms with Gasteiger partial charge in [0.25, 0.3) is 0 Å². The molecule has 0 aliphatic carbocycles. The van der Waals surface area contributed by atoms with Crippen LogP contribution in [0.3, 0.4) is 0 Å². The third kappa shape index (κ3) is 1.65. The summed E-state index contributed by atoms with van der Waals surface area (Å²) in [6.07, 6.45) is 4.34. The molecular formula is C13H15NO. The number of fused-ring (bicyclic) bond motifs is 1. The first kappa shape index (κ1) is 8.98. The van der Waals surface area contributed by atoms with Crippen LogP contribution < -0.4 is 0 Å². The third-order valence-electron chi connectivity index (χ3n) is 3.24. The Balaban J connectivity index is 1.84. The number of aromatic amines is 1. The molecule has 3 rings (SSSR count). The van der Waals surface area contributed by atoms with Gasteiger partial charge >= 0.3 is 0 Å². The molecule has 1 unspecified atom stereocenters. The van der Waals surface area contributed by atoms with E-state index in [1.54, 1.807) is 0 Å².